The number of carboxylic acids is 1. The number of aromatic nitrogens is 1. The van der Waals surface area contributed by atoms with Gasteiger partial charge in [0.05, 0.1) is 5.75 Å². The van der Waals surface area contributed by atoms with E-state index in [1.807, 2.05) is 6.92 Å². The number of aliphatic carboxylic acids is 1. The Balaban J connectivity index is 2.09. The molecule has 0 bridgehead atoms. The van der Waals surface area contributed by atoms with Crippen molar-refractivity contribution in [2.75, 3.05) is 5.75 Å². The average Bonchev–Trinajstić information content (AvgIpc) is 3.21. The van der Waals surface area contributed by atoms with E-state index in [2.05, 4.69) is 0 Å². The summed E-state index contributed by atoms with van der Waals surface area (Å²) in [5.74, 6) is -1.75. The van der Waals surface area contributed by atoms with Crippen LogP contribution in [0, 0.1) is 0 Å². The summed E-state index contributed by atoms with van der Waals surface area (Å²) in [5.41, 5.74) is -1.20. The predicted molar refractivity (Wildman–Crippen MR) is 96.1 cm³/mol. The van der Waals surface area contributed by atoms with Crippen molar-refractivity contribution in [2.24, 2.45) is 0 Å². The van der Waals surface area contributed by atoms with Crippen molar-refractivity contribution in [2.45, 2.75) is 43.2 Å². The van der Waals surface area contributed by atoms with Crippen molar-refractivity contribution < 1.29 is 23.1 Å². The number of ketones is 1. The first kappa shape index (κ1) is 18.4. The fourth-order valence-corrected chi connectivity index (χ4v) is 5.23. The lowest BCUT2D eigenvalue weighted by Gasteiger charge is -2.22. The highest BCUT2D eigenvalue weighted by atomic mass is 32.2. The largest absolute Gasteiger partial charge is 0.480 e. The van der Waals surface area contributed by atoms with Gasteiger partial charge < -0.3 is 9.67 Å². The van der Waals surface area contributed by atoms with Crippen LogP contribution in [0.25, 0.3) is 0 Å². The Morgan fingerprint density at radius 2 is 1.85 bits per heavy atom. The van der Waals surface area contributed by atoms with Crippen LogP contribution in [0.2, 0.25) is 0 Å². The van der Waals surface area contributed by atoms with Crippen LogP contribution in [0.1, 0.15) is 42.2 Å². The Morgan fingerprint density at radius 3 is 2.46 bits per heavy atom. The predicted octanol–water partition coefficient (Wildman–Crippen LogP) is 2.67. The average molecular weight is 375 g/mol. The standard InChI is InChI=1S/C19H21NO5S/c1-2-3-13-26(24,25)16-10-9-15-19(18(22)23,11-12-20(15)16)17(21)14-7-5-4-6-8-14/h4-10H,2-3,11-13H2,1H3,(H,22,23). The normalized spacial score (nSPS) is 19.3. The topological polar surface area (TPSA) is 93.4 Å². The first-order valence-electron chi connectivity index (χ1n) is 8.60. The van der Waals surface area contributed by atoms with Crippen LogP contribution in [-0.4, -0.2) is 35.6 Å². The molecule has 0 saturated heterocycles. The Hall–Kier alpha value is -2.41. The van der Waals surface area contributed by atoms with E-state index < -0.39 is 27.0 Å². The summed E-state index contributed by atoms with van der Waals surface area (Å²) in [5, 5.41) is 10.0. The third-order valence-electron chi connectivity index (χ3n) is 4.96. The van der Waals surface area contributed by atoms with E-state index in [4.69, 9.17) is 0 Å². The van der Waals surface area contributed by atoms with Crippen LogP contribution < -0.4 is 0 Å². The molecule has 1 aromatic carbocycles. The Labute approximate surface area is 152 Å². The van der Waals surface area contributed by atoms with Crippen LogP contribution in [0.15, 0.2) is 47.5 Å². The summed E-state index contributed by atoms with van der Waals surface area (Å²) >= 11 is 0. The summed E-state index contributed by atoms with van der Waals surface area (Å²) in [7, 11) is -3.51. The molecule has 0 radical (unpaired) electrons. The van der Waals surface area contributed by atoms with E-state index in [0.717, 1.165) is 6.42 Å². The molecule has 3 rings (SSSR count). The highest BCUT2D eigenvalue weighted by Gasteiger charge is 2.53. The maximum absolute atomic E-state index is 13.1. The molecule has 1 atom stereocenters. The summed E-state index contributed by atoms with van der Waals surface area (Å²) in [6.45, 7) is 2.10. The number of unbranched alkanes of at least 4 members (excludes halogenated alkanes) is 1. The van der Waals surface area contributed by atoms with Gasteiger partial charge in [-0.15, -0.1) is 0 Å². The second kappa shape index (κ2) is 6.72. The van der Waals surface area contributed by atoms with Crippen LogP contribution in [0.5, 0.6) is 0 Å². The van der Waals surface area contributed by atoms with E-state index in [0.29, 0.717) is 12.0 Å². The van der Waals surface area contributed by atoms with Gasteiger partial charge in [-0.2, -0.15) is 0 Å². The number of rotatable bonds is 7. The molecule has 0 amide bonds. The van der Waals surface area contributed by atoms with Gasteiger partial charge in [-0.25, -0.2) is 8.42 Å². The summed E-state index contributed by atoms with van der Waals surface area (Å²) in [4.78, 5) is 25.2. The third-order valence-corrected chi connectivity index (χ3v) is 6.78. The Bertz CT molecular complexity index is 946. The number of Topliss-reactive ketones (excluding diaryl/α,β-unsaturated/α-hetero) is 1. The van der Waals surface area contributed by atoms with Crippen molar-refractivity contribution in [3.63, 3.8) is 0 Å². The summed E-state index contributed by atoms with van der Waals surface area (Å²) in [6.07, 6.45) is 1.33. The molecular weight excluding hydrogens is 354 g/mol. The maximum atomic E-state index is 13.1. The lowest BCUT2D eigenvalue weighted by Crippen LogP contribution is -2.42. The van der Waals surface area contributed by atoms with Crippen molar-refractivity contribution in [3.8, 4) is 0 Å². The van der Waals surface area contributed by atoms with Gasteiger partial charge in [-0.3, -0.25) is 9.59 Å². The fraction of sp³-hybridized carbons (Fsp3) is 0.368. The molecule has 2 aromatic rings. The van der Waals surface area contributed by atoms with Crippen LogP contribution >= 0.6 is 0 Å². The van der Waals surface area contributed by atoms with E-state index in [1.54, 1.807) is 30.3 Å². The molecule has 0 fully saturated rings. The molecule has 0 saturated carbocycles. The van der Waals surface area contributed by atoms with Crippen molar-refractivity contribution >= 4 is 21.6 Å². The van der Waals surface area contributed by atoms with Crippen molar-refractivity contribution in [1.29, 1.82) is 0 Å². The number of sulfone groups is 1. The van der Waals surface area contributed by atoms with Gasteiger partial charge in [0, 0.05) is 17.8 Å². The number of carboxylic acid groups (broad SMARTS) is 1. The minimum atomic E-state index is -3.51. The number of benzene rings is 1. The number of carbonyl (C=O) groups excluding carboxylic acids is 1. The molecule has 7 heteroatoms. The van der Waals surface area contributed by atoms with Crippen LogP contribution in [-0.2, 0) is 26.6 Å². The van der Waals surface area contributed by atoms with Gasteiger partial charge in [0.25, 0.3) is 0 Å². The number of fused-ring (bicyclic) bond motifs is 1. The molecule has 138 valence electrons. The second-order valence-corrected chi connectivity index (χ2v) is 8.59. The van der Waals surface area contributed by atoms with Gasteiger partial charge in [-0.1, -0.05) is 43.7 Å². The van der Waals surface area contributed by atoms with E-state index >= 15 is 0 Å². The molecule has 1 aromatic heterocycles. The lowest BCUT2D eigenvalue weighted by atomic mass is 9.76. The molecule has 1 unspecified atom stereocenters. The maximum Gasteiger partial charge on any atom is 0.323 e. The minimum absolute atomic E-state index is 0.0135. The highest BCUT2D eigenvalue weighted by Crippen LogP contribution is 2.41. The molecule has 1 aliphatic rings. The molecule has 2 heterocycles. The lowest BCUT2D eigenvalue weighted by molar-refractivity contribution is -0.141. The molecular formula is C19H21NO5S. The van der Waals surface area contributed by atoms with Crippen molar-refractivity contribution in [1.82, 2.24) is 4.57 Å². The SMILES string of the molecule is CCCCS(=O)(=O)c1ccc2n1CCC2(C(=O)O)C(=O)c1ccccc1. The Kier molecular flexibility index (Phi) is 4.75. The molecule has 1 aliphatic heterocycles. The number of carbonyl (C=O) groups is 2. The molecule has 0 aliphatic carbocycles. The molecule has 0 spiro atoms. The second-order valence-electron chi connectivity index (χ2n) is 6.54. The minimum Gasteiger partial charge on any atom is -0.480 e. The highest BCUT2D eigenvalue weighted by molar-refractivity contribution is 7.91. The zero-order valence-electron chi connectivity index (χ0n) is 14.5. The van der Waals surface area contributed by atoms with Gasteiger partial charge in [0.1, 0.15) is 5.03 Å². The van der Waals surface area contributed by atoms with Gasteiger partial charge >= 0.3 is 5.97 Å². The summed E-state index contributed by atoms with van der Waals surface area (Å²) < 4.78 is 26.6. The number of nitrogens with zero attached hydrogens (tertiary/aromatic N) is 1. The number of hydrogen-bond acceptors (Lipinski definition) is 4. The van der Waals surface area contributed by atoms with Crippen LogP contribution in [0.4, 0.5) is 0 Å². The molecule has 6 nitrogen and oxygen atoms in total. The van der Waals surface area contributed by atoms with Gasteiger partial charge in [0.15, 0.2) is 21.0 Å². The first-order valence-corrected chi connectivity index (χ1v) is 10.3. The zero-order chi connectivity index (χ0) is 18.9. The first-order chi connectivity index (χ1) is 12.3. The monoisotopic (exact) mass is 375 g/mol. The zero-order valence-corrected chi connectivity index (χ0v) is 15.3. The summed E-state index contributed by atoms with van der Waals surface area (Å²) in [6, 6.07) is 11.2. The Morgan fingerprint density at radius 1 is 1.15 bits per heavy atom. The quantitative estimate of drug-likeness (QED) is 0.593. The van der Waals surface area contributed by atoms with Gasteiger partial charge in [-0.05, 0) is 25.0 Å². The van der Waals surface area contributed by atoms with E-state index in [-0.39, 0.29) is 29.4 Å². The van der Waals surface area contributed by atoms with Crippen molar-refractivity contribution in [3.05, 3.63) is 53.7 Å². The van der Waals surface area contributed by atoms with Crippen LogP contribution in [0.3, 0.4) is 0 Å². The third kappa shape index (κ3) is 2.76. The fourth-order valence-electron chi connectivity index (χ4n) is 3.55. The smallest absolute Gasteiger partial charge is 0.323 e. The molecule has 1 N–H and O–H groups in total. The van der Waals surface area contributed by atoms with E-state index in [9.17, 15) is 23.1 Å². The van der Waals surface area contributed by atoms with Gasteiger partial charge in [0.2, 0.25) is 0 Å². The number of hydrogen-bond donors (Lipinski definition) is 1. The molecule has 26 heavy (non-hydrogen) atoms. The van der Waals surface area contributed by atoms with E-state index in [1.165, 1.54) is 16.7 Å².